The third kappa shape index (κ3) is 2.37. The predicted octanol–water partition coefficient (Wildman–Crippen LogP) is 1.72. The Morgan fingerprint density at radius 1 is 1.60 bits per heavy atom. The Kier molecular flexibility index (Phi) is 3.03. The van der Waals surface area contributed by atoms with E-state index < -0.39 is 6.10 Å². The first kappa shape index (κ1) is 10.2. The lowest BCUT2D eigenvalue weighted by Crippen LogP contribution is -2.01. The van der Waals surface area contributed by atoms with Gasteiger partial charge < -0.3 is 10.8 Å². The summed E-state index contributed by atoms with van der Waals surface area (Å²) < 4.78 is 0. The molecule has 4 N–H and O–H groups in total. The molecule has 0 saturated heterocycles. The van der Waals surface area contributed by atoms with Crippen LogP contribution in [0, 0.1) is 0 Å². The molecule has 15 heavy (non-hydrogen) atoms. The van der Waals surface area contributed by atoms with Crippen LogP contribution in [-0.4, -0.2) is 15.3 Å². The minimum Gasteiger partial charge on any atom is -0.388 e. The van der Waals surface area contributed by atoms with Gasteiger partial charge in [0, 0.05) is 5.56 Å². The van der Waals surface area contributed by atoms with Crippen LogP contribution >= 0.6 is 11.3 Å². The maximum Gasteiger partial charge on any atom is 0.124 e. The highest BCUT2D eigenvalue weighted by Crippen LogP contribution is 2.22. The van der Waals surface area contributed by atoms with Crippen molar-refractivity contribution in [2.75, 3.05) is 5.73 Å². The zero-order valence-corrected chi connectivity index (χ0v) is 9.00. The number of nitrogen functional groups attached to an aromatic ring is 1. The molecule has 4 nitrogen and oxygen atoms in total. The van der Waals surface area contributed by atoms with Crippen molar-refractivity contribution in [2.45, 2.75) is 18.9 Å². The summed E-state index contributed by atoms with van der Waals surface area (Å²) in [6, 6.07) is 2.07. The molecule has 0 fully saturated rings. The molecule has 0 aromatic carbocycles. The third-order valence-electron chi connectivity index (χ3n) is 2.35. The maximum absolute atomic E-state index is 9.85. The molecule has 0 bridgehead atoms. The number of thiophene rings is 1. The van der Waals surface area contributed by atoms with Gasteiger partial charge in [0.25, 0.3) is 0 Å². The number of rotatable bonds is 4. The standard InChI is InChI=1S/C10H13N3OS/c11-10-8(5-12-13-10)9(14)2-1-7-3-4-15-6-7/h3-6,9,14H,1-2H2,(H3,11,12,13). The quantitative estimate of drug-likeness (QED) is 0.738. The molecule has 2 heterocycles. The van der Waals surface area contributed by atoms with Crippen LogP contribution < -0.4 is 5.73 Å². The van der Waals surface area contributed by atoms with Gasteiger partial charge in [0.05, 0.1) is 12.3 Å². The molecule has 80 valence electrons. The average Bonchev–Trinajstić information content (AvgIpc) is 2.84. The van der Waals surface area contributed by atoms with E-state index in [2.05, 4.69) is 21.6 Å². The molecule has 0 amide bonds. The van der Waals surface area contributed by atoms with E-state index in [9.17, 15) is 5.11 Å². The van der Waals surface area contributed by atoms with E-state index in [1.807, 2.05) is 5.38 Å². The van der Waals surface area contributed by atoms with Crippen LogP contribution in [0.15, 0.2) is 23.0 Å². The highest BCUT2D eigenvalue weighted by molar-refractivity contribution is 7.07. The average molecular weight is 223 g/mol. The second-order valence-corrected chi connectivity index (χ2v) is 4.21. The molecule has 5 heteroatoms. The second-order valence-electron chi connectivity index (χ2n) is 3.43. The number of nitrogens with zero attached hydrogens (tertiary/aromatic N) is 1. The van der Waals surface area contributed by atoms with E-state index in [4.69, 9.17) is 5.73 Å². The van der Waals surface area contributed by atoms with Crippen LogP contribution in [-0.2, 0) is 6.42 Å². The fraction of sp³-hybridized carbons (Fsp3) is 0.300. The van der Waals surface area contributed by atoms with Gasteiger partial charge in [0.15, 0.2) is 0 Å². The SMILES string of the molecule is Nc1[nH]ncc1C(O)CCc1ccsc1. The zero-order valence-electron chi connectivity index (χ0n) is 8.18. The number of nitrogens with two attached hydrogens (primary N) is 1. The van der Waals surface area contributed by atoms with Gasteiger partial charge in [-0.1, -0.05) is 0 Å². The van der Waals surface area contributed by atoms with Crippen LogP contribution in [0.25, 0.3) is 0 Å². The Labute approximate surface area is 91.8 Å². The van der Waals surface area contributed by atoms with Crippen LogP contribution in [0.1, 0.15) is 23.7 Å². The number of hydrogen-bond donors (Lipinski definition) is 3. The van der Waals surface area contributed by atoms with Crippen molar-refractivity contribution >= 4 is 17.2 Å². The Morgan fingerprint density at radius 2 is 2.47 bits per heavy atom. The van der Waals surface area contributed by atoms with Gasteiger partial charge in [-0.05, 0) is 35.2 Å². The van der Waals surface area contributed by atoms with E-state index >= 15 is 0 Å². The smallest absolute Gasteiger partial charge is 0.124 e. The van der Waals surface area contributed by atoms with Crippen molar-refractivity contribution in [1.29, 1.82) is 0 Å². The summed E-state index contributed by atoms with van der Waals surface area (Å²) in [4.78, 5) is 0. The number of aliphatic hydroxyl groups is 1. The molecule has 0 aliphatic rings. The number of aromatic nitrogens is 2. The summed E-state index contributed by atoms with van der Waals surface area (Å²) in [5, 5.41) is 20.4. The molecule has 0 aliphatic heterocycles. The molecule has 2 aromatic heterocycles. The number of aromatic amines is 1. The van der Waals surface area contributed by atoms with E-state index in [-0.39, 0.29) is 0 Å². The van der Waals surface area contributed by atoms with Gasteiger partial charge in [-0.2, -0.15) is 16.4 Å². The molecule has 0 spiro atoms. The monoisotopic (exact) mass is 223 g/mol. The summed E-state index contributed by atoms with van der Waals surface area (Å²) in [6.07, 6.45) is 2.56. The van der Waals surface area contributed by atoms with Crippen LogP contribution in [0.5, 0.6) is 0 Å². The van der Waals surface area contributed by atoms with E-state index in [0.717, 1.165) is 6.42 Å². The van der Waals surface area contributed by atoms with Gasteiger partial charge in [0.2, 0.25) is 0 Å². The van der Waals surface area contributed by atoms with Gasteiger partial charge >= 0.3 is 0 Å². The second kappa shape index (κ2) is 4.46. The summed E-state index contributed by atoms with van der Waals surface area (Å²) in [5.74, 6) is 0.452. The first-order chi connectivity index (χ1) is 7.27. The molecule has 0 aliphatic carbocycles. The minimum atomic E-state index is -0.538. The first-order valence-corrected chi connectivity index (χ1v) is 5.69. The lowest BCUT2D eigenvalue weighted by Gasteiger charge is -2.08. The molecule has 1 atom stereocenters. The molecule has 2 aromatic rings. The molecular weight excluding hydrogens is 210 g/mol. The molecule has 0 radical (unpaired) electrons. The number of aryl methyl sites for hydroxylation is 1. The van der Waals surface area contributed by atoms with Crippen molar-refractivity contribution in [2.24, 2.45) is 0 Å². The van der Waals surface area contributed by atoms with E-state index in [1.54, 1.807) is 17.5 Å². The van der Waals surface area contributed by atoms with Crippen molar-refractivity contribution in [3.8, 4) is 0 Å². The Bertz CT molecular complexity index is 410. The van der Waals surface area contributed by atoms with E-state index in [0.29, 0.717) is 17.8 Å². The summed E-state index contributed by atoms with van der Waals surface area (Å²) in [7, 11) is 0. The Morgan fingerprint density at radius 3 is 3.07 bits per heavy atom. The fourth-order valence-corrected chi connectivity index (χ4v) is 2.17. The van der Waals surface area contributed by atoms with Gasteiger partial charge in [-0.15, -0.1) is 0 Å². The number of anilines is 1. The topological polar surface area (TPSA) is 74.9 Å². The van der Waals surface area contributed by atoms with Gasteiger partial charge in [-0.3, -0.25) is 5.10 Å². The van der Waals surface area contributed by atoms with Gasteiger partial charge in [0.1, 0.15) is 5.82 Å². The highest BCUT2D eigenvalue weighted by atomic mass is 32.1. The largest absolute Gasteiger partial charge is 0.388 e. The normalized spacial score (nSPS) is 12.9. The van der Waals surface area contributed by atoms with Crippen molar-refractivity contribution in [3.63, 3.8) is 0 Å². The zero-order chi connectivity index (χ0) is 10.7. The Hall–Kier alpha value is -1.33. The van der Waals surface area contributed by atoms with Crippen LogP contribution in [0.3, 0.4) is 0 Å². The molecule has 0 saturated carbocycles. The van der Waals surface area contributed by atoms with Crippen LogP contribution in [0.2, 0.25) is 0 Å². The van der Waals surface area contributed by atoms with Crippen molar-refractivity contribution in [3.05, 3.63) is 34.2 Å². The number of nitrogens with one attached hydrogen (secondary N) is 1. The third-order valence-corrected chi connectivity index (χ3v) is 3.08. The number of aliphatic hydroxyl groups excluding tert-OH is 1. The summed E-state index contributed by atoms with van der Waals surface area (Å²) >= 11 is 1.67. The molecular formula is C10H13N3OS. The fourth-order valence-electron chi connectivity index (χ4n) is 1.46. The highest BCUT2D eigenvalue weighted by Gasteiger charge is 2.12. The van der Waals surface area contributed by atoms with Crippen molar-refractivity contribution in [1.82, 2.24) is 10.2 Å². The number of hydrogen-bond acceptors (Lipinski definition) is 4. The number of H-pyrrole nitrogens is 1. The maximum atomic E-state index is 9.85. The van der Waals surface area contributed by atoms with E-state index in [1.165, 1.54) is 5.56 Å². The first-order valence-electron chi connectivity index (χ1n) is 4.75. The van der Waals surface area contributed by atoms with Crippen LogP contribution in [0.4, 0.5) is 5.82 Å². The summed E-state index contributed by atoms with van der Waals surface area (Å²) in [5.41, 5.74) is 7.55. The predicted molar refractivity (Wildman–Crippen MR) is 60.6 cm³/mol. The molecule has 1 unspecified atom stereocenters. The lowest BCUT2D eigenvalue weighted by molar-refractivity contribution is 0.168. The molecule has 2 rings (SSSR count). The Balaban J connectivity index is 1.93. The lowest BCUT2D eigenvalue weighted by atomic mass is 10.1. The van der Waals surface area contributed by atoms with Crippen molar-refractivity contribution < 1.29 is 5.11 Å². The minimum absolute atomic E-state index is 0.452. The van der Waals surface area contributed by atoms with Gasteiger partial charge in [-0.25, -0.2) is 0 Å². The summed E-state index contributed by atoms with van der Waals surface area (Å²) in [6.45, 7) is 0.